The van der Waals surface area contributed by atoms with Gasteiger partial charge in [-0.2, -0.15) is 0 Å². The number of fused-ring (bicyclic) bond motifs is 1. The van der Waals surface area contributed by atoms with Gasteiger partial charge in [-0.3, -0.25) is 10.1 Å². The van der Waals surface area contributed by atoms with Gasteiger partial charge in [0.25, 0.3) is 5.91 Å². The number of ether oxygens (including phenoxy) is 2. The van der Waals surface area contributed by atoms with Gasteiger partial charge in [0.2, 0.25) is 0 Å². The molecule has 2 heterocycles. The number of methoxy groups -OCH3 is 2. The summed E-state index contributed by atoms with van der Waals surface area (Å²) in [4.78, 5) is 29.3. The maximum Gasteiger partial charge on any atom is 0.357 e. The predicted octanol–water partition coefficient (Wildman–Crippen LogP) is 3.09. The highest BCUT2D eigenvalue weighted by molar-refractivity contribution is 7.16. The van der Waals surface area contributed by atoms with Crippen molar-refractivity contribution in [1.82, 2.24) is 9.55 Å². The number of carbonyl (C=O) groups excluding carboxylic acids is 2. The molecule has 0 bridgehead atoms. The lowest BCUT2D eigenvalue weighted by molar-refractivity contribution is 0.0594. The third kappa shape index (κ3) is 3.47. The quantitative estimate of drug-likeness (QED) is 0.672. The summed E-state index contributed by atoms with van der Waals surface area (Å²) in [5, 5.41) is 4.10. The minimum atomic E-state index is -0.520. The first-order valence-corrected chi connectivity index (χ1v) is 8.81. The first kappa shape index (κ1) is 18.1. The average Bonchev–Trinajstić information content (AvgIpc) is 3.19. The first-order chi connectivity index (χ1) is 12.5. The van der Waals surface area contributed by atoms with Crippen molar-refractivity contribution in [3.63, 3.8) is 0 Å². The zero-order valence-corrected chi connectivity index (χ0v) is 15.6. The normalized spacial score (nSPS) is 10.9. The van der Waals surface area contributed by atoms with E-state index in [0.29, 0.717) is 28.9 Å². The van der Waals surface area contributed by atoms with Crippen molar-refractivity contribution in [2.75, 3.05) is 26.1 Å². The van der Waals surface area contributed by atoms with Crippen LogP contribution in [0.2, 0.25) is 0 Å². The number of esters is 1. The van der Waals surface area contributed by atoms with Gasteiger partial charge < -0.3 is 14.0 Å². The average molecular weight is 373 g/mol. The summed E-state index contributed by atoms with van der Waals surface area (Å²) in [6.45, 7) is 2.80. The fourth-order valence-corrected chi connectivity index (χ4v) is 3.52. The van der Waals surface area contributed by atoms with Crippen LogP contribution in [0.5, 0.6) is 0 Å². The number of aryl methyl sites for hydroxylation is 1. The lowest BCUT2D eigenvalue weighted by Crippen LogP contribution is -2.18. The molecule has 3 rings (SSSR count). The molecule has 1 N–H and O–H groups in total. The zero-order valence-electron chi connectivity index (χ0n) is 14.7. The smallest absolute Gasteiger partial charge is 0.357 e. The van der Waals surface area contributed by atoms with Crippen molar-refractivity contribution < 1.29 is 19.1 Å². The highest BCUT2D eigenvalue weighted by atomic mass is 32.1. The maximum atomic E-state index is 12.8. The Balaban J connectivity index is 1.91. The summed E-state index contributed by atoms with van der Waals surface area (Å²) in [5.74, 6) is -0.809. The summed E-state index contributed by atoms with van der Waals surface area (Å²) in [7, 11) is 2.92. The molecule has 136 valence electrons. The van der Waals surface area contributed by atoms with E-state index in [4.69, 9.17) is 9.47 Å². The number of nitrogens with zero attached hydrogens (tertiary/aromatic N) is 2. The molecule has 0 saturated carbocycles. The standard InChI is InChI=1S/C18H19N3O4S/c1-11-15(17(23)25-3)19-18(26-11)20-16(22)14-10-12-6-4-5-7-13(12)21(14)8-9-24-2/h4-7,10H,8-9H2,1-3H3,(H,19,20,22). The highest BCUT2D eigenvalue weighted by Gasteiger charge is 2.20. The van der Waals surface area contributed by atoms with Crippen LogP contribution in [-0.4, -0.2) is 42.3 Å². The number of para-hydroxylation sites is 1. The van der Waals surface area contributed by atoms with Gasteiger partial charge in [0.15, 0.2) is 10.8 Å². The van der Waals surface area contributed by atoms with Gasteiger partial charge in [-0.15, -0.1) is 11.3 Å². The Bertz CT molecular complexity index is 961. The highest BCUT2D eigenvalue weighted by Crippen LogP contribution is 2.25. The van der Waals surface area contributed by atoms with Crippen molar-refractivity contribution in [1.29, 1.82) is 0 Å². The lowest BCUT2D eigenvalue weighted by Gasteiger charge is -2.09. The molecule has 8 heteroatoms. The third-order valence-electron chi connectivity index (χ3n) is 3.96. The van der Waals surface area contributed by atoms with Gasteiger partial charge in [0.1, 0.15) is 5.69 Å². The summed E-state index contributed by atoms with van der Waals surface area (Å²) in [6, 6.07) is 9.61. The van der Waals surface area contributed by atoms with E-state index in [9.17, 15) is 9.59 Å². The van der Waals surface area contributed by atoms with Gasteiger partial charge >= 0.3 is 5.97 Å². The number of aromatic nitrogens is 2. The largest absolute Gasteiger partial charge is 0.464 e. The molecule has 1 amide bonds. The summed E-state index contributed by atoms with van der Waals surface area (Å²) < 4.78 is 11.8. The summed E-state index contributed by atoms with van der Waals surface area (Å²) in [5.41, 5.74) is 1.68. The van der Waals surface area contributed by atoms with Crippen LogP contribution in [0.1, 0.15) is 25.9 Å². The molecule has 1 aromatic carbocycles. The molecular weight excluding hydrogens is 354 g/mol. The molecule has 26 heavy (non-hydrogen) atoms. The molecule has 0 unspecified atom stereocenters. The van der Waals surface area contributed by atoms with Crippen LogP contribution in [0.3, 0.4) is 0 Å². The van der Waals surface area contributed by atoms with E-state index in [1.807, 2.05) is 34.9 Å². The van der Waals surface area contributed by atoms with Crippen LogP contribution >= 0.6 is 11.3 Å². The van der Waals surface area contributed by atoms with Crippen molar-refractivity contribution in [2.45, 2.75) is 13.5 Å². The minimum absolute atomic E-state index is 0.215. The van der Waals surface area contributed by atoms with Crippen LogP contribution in [-0.2, 0) is 16.0 Å². The number of carbonyl (C=O) groups is 2. The van der Waals surface area contributed by atoms with Crippen molar-refractivity contribution in [3.05, 3.63) is 46.6 Å². The van der Waals surface area contributed by atoms with Gasteiger partial charge in [0.05, 0.1) is 13.7 Å². The Morgan fingerprint density at radius 2 is 2.04 bits per heavy atom. The Labute approximate surface area is 154 Å². The number of nitrogens with one attached hydrogen (secondary N) is 1. The summed E-state index contributed by atoms with van der Waals surface area (Å²) >= 11 is 1.23. The second-order valence-electron chi connectivity index (χ2n) is 5.60. The predicted molar refractivity (Wildman–Crippen MR) is 100.0 cm³/mol. The van der Waals surface area contributed by atoms with Crippen LogP contribution in [0.25, 0.3) is 10.9 Å². The molecule has 0 atom stereocenters. The number of hydrogen-bond acceptors (Lipinski definition) is 6. The molecule has 0 aliphatic rings. The molecule has 0 spiro atoms. The second kappa shape index (κ2) is 7.67. The Morgan fingerprint density at radius 1 is 1.27 bits per heavy atom. The van der Waals surface area contributed by atoms with E-state index in [1.54, 1.807) is 14.0 Å². The Morgan fingerprint density at radius 3 is 2.77 bits per heavy atom. The summed E-state index contributed by atoms with van der Waals surface area (Å²) in [6.07, 6.45) is 0. The number of benzene rings is 1. The fraction of sp³-hybridized carbons (Fsp3) is 0.278. The van der Waals surface area contributed by atoms with E-state index in [2.05, 4.69) is 10.3 Å². The Hall–Kier alpha value is -2.71. The van der Waals surface area contributed by atoms with E-state index in [-0.39, 0.29) is 11.6 Å². The van der Waals surface area contributed by atoms with E-state index in [1.165, 1.54) is 18.4 Å². The number of hydrogen-bond donors (Lipinski definition) is 1. The number of rotatable bonds is 6. The van der Waals surface area contributed by atoms with Gasteiger partial charge in [0, 0.05) is 29.4 Å². The minimum Gasteiger partial charge on any atom is -0.464 e. The topological polar surface area (TPSA) is 82.5 Å². The van der Waals surface area contributed by atoms with Crippen molar-refractivity contribution in [2.24, 2.45) is 0 Å². The van der Waals surface area contributed by atoms with Crippen LogP contribution < -0.4 is 5.32 Å². The van der Waals surface area contributed by atoms with Crippen molar-refractivity contribution in [3.8, 4) is 0 Å². The van der Waals surface area contributed by atoms with Crippen LogP contribution in [0, 0.1) is 6.92 Å². The zero-order chi connectivity index (χ0) is 18.7. The Kier molecular flexibility index (Phi) is 5.34. The van der Waals surface area contributed by atoms with Gasteiger partial charge in [-0.05, 0) is 19.1 Å². The van der Waals surface area contributed by atoms with E-state index in [0.717, 1.165) is 10.9 Å². The monoisotopic (exact) mass is 373 g/mol. The molecule has 0 saturated heterocycles. The molecule has 0 radical (unpaired) electrons. The molecule has 0 aliphatic carbocycles. The third-order valence-corrected chi connectivity index (χ3v) is 4.84. The molecule has 3 aromatic rings. The fourth-order valence-electron chi connectivity index (χ4n) is 2.72. The van der Waals surface area contributed by atoms with E-state index >= 15 is 0 Å². The first-order valence-electron chi connectivity index (χ1n) is 7.99. The van der Waals surface area contributed by atoms with E-state index < -0.39 is 5.97 Å². The number of amides is 1. The van der Waals surface area contributed by atoms with Crippen LogP contribution in [0.4, 0.5) is 5.13 Å². The lowest BCUT2D eigenvalue weighted by atomic mass is 10.2. The molecule has 7 nitrogen and oxygen atoms in total. The van der Waals surface area contributed by atoms with Gasteiger partial charge in [-0.1, -0.05) is 18.2 Å². The second-order valence-corrected chi connectivity index (χ2v) is 6.81. The molecule has 2 aromatic heterocycles. The molecular formula is C18H19N3O4S. The number of thiazole rings is 1. The SMILES string of the molecule is COCCn1c(C(=O)Nc2nc(C(=O)OC)c(C)s2)cc2ccccc21. The molecule has 0 fully saturated rings. The van der Waals surface area contributed by atoms with Crippen LogP contribution in [0.15, 0.2) is 30.3 Å². The van der Waals surface area contributed by atoms with Crippen molar-refractivity contribution >= 4 is 39.2 Å². The molecule has 0 aliphatic heterocycles. The van der Waals surface area contributed by atoms with Gasteiger partial charge in [-0.25, -0.2) is 9.78 Å². The maximum absolute atomic E-state index is 12.8. The number of anilines is 1.